The fourth-order valence-corrected chi connectivity index (χ4v) is 2.44. The van der Waals surface area contributed by atoms with Crippen LogP contribution in [0.25, 0.3) is 0 Å². The Morgan fingerprint density at radius 2 is 1.82 bits per heavy atom. The molecule has 62 valence electrons. The van der Waals surface area contributed by atoms with Crippen molar-refractivity contribution >= 4 is 11.3 Å². The molecule has 0 atom stereocenters. The number of rotatable bonds is 3. The Hall–Kier alpha value is -0.300. The van der Waals surface area contributed by atoms with E-state index in [4.69, 9.17) is 0 Å². The zero-order valence-electron chi connectivity index (χ0n) is 7.61. The topological polar surface area (TPSA) is 0 Å². The summed E-state index contributed by atoms with van der Waals surface area (Å²) in [6, 6.07) is 2.36. The second-order valence-electron chi connectivity index (χ2n) is 2.72. The summed E-state index contributed by atoms with van der Waals surface area (Å²) >= 11 is 1.98. The van der Waals surface area contributed by atoms with Crippen molar-refractivity contribution in [1.82, 2.24) is 0 Å². The number of hydrogen-bond donors (Lipinski definition) is 0. The Balaban J connectivity index is 2.92. The molecule has 1 aromatic rings. The third kappa shape index (κ3) is 1.84. The van der Waals surface area contributed by atoms with E-state index in [1.54, 1.807) is 15.3 Å². The highest BCUT2D eigenvalue weighted by Gasteiger charge is 2.03. The molecule has 11 heavy (non-hydrogen) atoms. The van der Waals surface area contributed by atoms with Gasteiger partial charge in [0.05, 0.1) is 0 Å². The first kappa shape index (κ1) is 8.79. The first-order valence-electron chi connectivity index (χ1n) is 4.42. The van der Waals surface area contributed by atoms with E-state index in [9.17, 15) is 0 Å². The van der Waals surface area contributed by atoms with E-state index in [-0.39, 0.29) is 0 Å². The van der Waals surface area contributed by atoms with Crippen LogP contribution in [-0.4, -0.2) is 0 Å². The molecule has 0 aliphatic rings. The zero-order chi connectivity index (χ0) is 8.27. The van der Waals surface area contributed by atoms with E-state index in [0.717, 1.165) is 0 Å². The maximum absolute atomic E-state index is 2.36. The van der Waals surface area contributed by atoms with Crippen LogP contribution in [0.1, 0.15) is 36.1 Å². The van der Waals surface area contributed by atoms with Crippen LogP contribution in [-0.2, 0) is 19.3 Å². The quantitative estimate of drug-likeness (QED) is 0.648. The Kier molecular flexibility index (Phi) is 3.13. The van der Waals surface area contributed by atoms with Crippen LogP contribution in [0.15, 0.2) is 6.07 Å². The molecular formula is C10H16S. The van der Waals surface area contributed by atoms with Crippen molar-refractivity contribution in [2.45, 2.75) is 40.0 Å². The van der Waals surface area contributed by atoms with E-state index in [2.05, 4.69) is 26.8 Å². The molecule has 0 unspecified atom stereocenters. The molecule has 0 fully saturated rings. The largest absolute Gasteiger partial charge is 0.145 e. The van der Waals surface area contributed by atoms with Crippen LogP contribution in [0.4, 0.5) is 0 Å². The van der Waals surface area contributed by atoms with Crippen molar-refractivity contribution in [3.05, 3.63) is 21.4 Å². The second kappa shape index (κ2) is 3.91. The molecule has 0 aliphatic heterocycles. The molecule has 0 saturated heterocycles. The van der Waals surface area contributed by atoms with Crippen LogP contribution in [0.2, 0.25) is 0 Å². The van der Waals surface area contributed by atoms with E-state index in [1.165, 1.54) is 19.3 Å². The summed E-state index contributed by atoms with van der Waals surface area (Å²) in [5, 5.41) is 0. The lowest BCUT2D eigenvalue weighted by molar-refractivity contribution is 1.07. The minimum atomic E-state index is 1.19. The van der Waals surface area contributed by atoms with Gasteiger partial charge in [-0.15, -0.1) is 11.3 Å². The van der Waals surface area contributed by atoms with Crippen LogP contribution in [0.5, 0.6) is 0 Å². The lowest BCUT2D eigenvalue weighted by Crippen LogP contribution is -1.80. The van der Waals surface area contributed by atoms with Gasteiger partial charge in [-0.3, -0.25) is 0 Å². The van der Waals surface area contributed by atoms with Crippen molar-refractivity contribution < 1.29 is 0 Å². The zero-order valence-corrected chi connectivity index (χ0v) is 8.42. The Labute approximate surface area is 73.3 Å². The molecule has 1 rings (SSSR count). The van der Waals surface area contributed by atoms with Gasteiger partial charge in [0.2, 0.25) is 0 Å². The molecule has 1 aromatic heterocycles. The van der Waals surface area contributed by atoms with Gasteiger partial charge < -0.3 is 0 Å². The average molecular weight is 168 g/mol. The minimum Gasteiger partial charge on any atom is -0.145 e. The minimum absolute atomic E-state index is 1.19. The molecule has 0 radical (unpaired) electrons. The highest BCUT2D eigenvalue weighted by molar-refractivity contribution is 7.12. The molecular weight excluding hydrogens is 152 g/mol. The van der Waals surface area contributed by atoms with Crippen molar-refractivity contribution in [2.24, 2.45) is 0 Å². The molecule has 0 aliphatic carbocycles. The third-order valence-electron chi connectivity index (χ3n) is 2.00. The lowest BCUT2D eigenvalue weighted by atomic mass is 10.1. The summed E-state index contributed by atoms with van der Waals surface area (Å²) in [7, 11) is 0. The summed E-state index contributed by atoms with van der Waals surface area (Å²) in [6.07, 6.45) is 3.59. The Morgan fingerprint density at radius 3 is 2.18 bits per heavy atom. The van der Waals surface area contributed by atoms with Gasteiger partial charge in [0.1, 0.15) is 0 Å². The van der Waals surface area contributed by atoms with Crippen molar-refractivity contribution in [3.8, 4) is 0 Å². The first-order valence-corrected chi connectivity index (χ1v) is 5.23. The van der Waals surface area contributed by atoms with Gasteiger partial charge in [-0.05, 0) is 30.9 Å². The van der Waals surface area contributed by atoms with E-state index >= 15 is 0 Å². The molecule has 0 saturated carbocycles. The standard InChI is InChI=1S/C10H16S/c1-4-8-7-9(5-2)11-10(8)6-3/h7H,4-6H2,1-3H3. The average Bonchev–Trinajstić information content (AvgIpc) is 2.46. The van der Waals surface area contributed by atoms with Crippen molar-refractivity contribution in [1.29, 1.82) is 0 Å². The van der Waals surface area contributed by atoms with Crippen LogP contribution in [0.3, 0.4) is 0 Å². The summed E-state index contributed by atoms with van der Waals surface area (Å²) in [5.41, 5.74) is 1.56. The normalized spacial score (nSPS) is 10.5. The summed E-state index contributed by atoms with van der Waals surface area (Å²) in [5.74, 6) is 0. The van der Waals surface area contributed by atoms with E-state index in [0.29, 0.717) is 0 Å². The molecule has 1 heteroatoms. The smallest absolute Gasteiger partial charge is 0.00773 e. The molecule has 0 N–H and O–H groups in total. The fraction of sp³-hybridized carbons (Fsp3) is 0.600. The van der Waals surface area contributed by atoms with Gasteiger partial charge in [-0.25, -0.2) is 0 Å². The van der Waals surface area contributed by atoms with Gasteiger partial charge in [0, 0.05) is 9.75 Å². The number of aryl methyl sites for hydroxylation is 3. The predicted molar refractivity (Wildman–Crippen MR) is 52.5 cm³/mol. The van der Waals surface area contributed by atoms with Crippen molar-refractivity contribution in [3.63, 3.8) is 0 Å². The van der Waals surface area contributed by atoms with Crippen LogP contribution >= 0.6 is 11.3 Å². The van der Waals surface area contributed by atoms with E-state index in [1.807, 2.05) is 11.3 Å². The Bertz CT molecular complexity index is 201. The third-order valence-corrected chi connectivity index (χ3v) is 3.46. The van der Waals surface area contributed by atoms with Crippen LogP contribution < -0.4 is 0 Å². The highest BCUT2D eigenvalue weighted by atomic mass is 32.1. The SMILES string of the molecule is CCc1cc(CC)c(CC)s1. The maximum atomic E-state index is 2.36. The maximum Gasteiger partial charge on any atom is 0.00773 e. The number of hydrogen-bond acceptors (Lipinski definition) is 1. The summed E-state index contributed by atoms with van der Waals surface area (Å²) in [4.78, 5) is 3.13. The summed E-state index contributed by atoms with van der Waals surface area (Å²) < 4.78 is 0. The highest BCUT2D eigenvalue weighted by Crippen LogP contribution is 2.23. The number of thiophene rings is 1. The van der Waals surface area contributed by atoms with Crippen molar-refractivity contribution in [2.75, 3.05) is 0 Å². The van der Waals surface area contributed by atoms with Gasteiger partial charge in [0.15, 0.2) is 0 Å². The fourth-order valence-electron chi connectivity index (χ4n) is 1.30. The van der Waals surface area contributed by atoms with Gasteiger partial charge in [-0.1, -0.05) is 20.8 Å². The van der Waals surface area contributed by atoms with Crippen LogP contribution in [0, 0.1) is 0 Å². The van der Waals surface area contributed by atoms with Gasteiger partial charge in [-0.2, -0.15) is 0 Å². The molecule has 0 nitrogen and oxygen atoms in total. The van der Waals surface area contributed by atoms with E-state index < -0.39 is 0 Å². The summed E-state index contributed by atoms with van der Waals surface area (Å²) in [6.45, 7) is 6.70. The predicted octanol–water partition coefficient (Wildman–Crippen LogP) is 3.44. The molecule has 0 aromatic carbocycles. The first-order chi connectivity index (χ1) is 5.31. The lowest BCUT2D eigenvalue weighted by Gasteiger charge is -1.93. The molecule has 0 amide bonds. The molecule has 1 heterocycles. The monoisotopic (exact) mass is 168 g/mol. The van der Waals surface area contributed by atoms with Gasteiger partial charge >= 0.3 is 0 Å². The molecule has 0 spiro atoms. The Morgan fingerprint density at radius 1 is 1.09 bits per heavy atom. The second-order valence-corrected chi connectivity index (χ2v) is 3.94. The molecule has 0 bridgehead atoms. The van der Waals surface area contributed by atoms with Gasteiger partial charge in [0.25, 0.3) is 0 Å².